The van der Waals surface area contributed by atoms with E-state index >= 15 is 0 Å². The van der Waals surface area contributed by atoms with E-state index in [1.54, 1.807) is 23.1 Å². The first kappa shape index (κ1) is 23.1. The fourth-order valence-electron chi connectivity index (χ4n) is 4.55. The molecule has 0 aliphatic carbocycles. The number of nitrogens with zero attached hydrogens (tertiary/aromatic N) is 2. The number of amides is 1. The van der Waals surface area contributed by atoms with Crippen LogP contribution in [0.2, 0.25) is 5.02 Å². The number of alkyl halides is 3. The fraction of sp³-hybridized carbons (Fsp3) is 0.280. The van der Waals surface area contributed by atoms with Crippen LogP contribution in [0.15, 0.2) is 54.6 Å². The minimum Gasteiger partial charge on any atom is -0.357 e. The number of aromatic nitrogens is 1. The quantitative estimate of drug-likeness (QED) is 0.500. The summed E-state index contributed by atoms with van der Waals surface area (Å²) in [4.78, 5) is 19.7. The number of rotatable bonds is 3. The van der Waals surface area contributed by atoms with Crippen LogP contribution in [0.4, 0.5) is 24.7 Å². The number of pyridine rings is 1. The van der Waals surface area contributed by atoms with E-state index in [0.717, 1.165) is 23.3 Å². The van der Waals surface area contributed by atoms with Crippen LogP contribution in [0.25, 0.3) is 0 Å². The van der Waals surface area contributed by atoms with Gasteiger partial charge in [-0.3, -0.25) is 4.79 Å². The van der Waals surface area contributed by atoms with Gasteiger partial charge in [-0.15, -0.1) is 0 Å². The van der Waals surface area contributed by atoms with Gasteiger partial charge in [-0.2, -0.15) is 13.2 Å². The van der Waals surface area contributed by atoms with Crippen molar-refractivity contribution < 1.29 is 18.0 Å². The molecule has 0 saturated heterocycles. The van der Waals surface area contributed by atoms with Gasteiger partial charge in [0, 0.05) is 23.5 Å². The third-order valence-corrected chi connectivity index (χ3v) is 6.53. The summed E-state index contributed by atoms with van der Waals surface area (Å²) in [5.74, 6) is -0.277. The summed E-state index contributed by atoms with van der Waals surface area (Å²) >= 11 is 6.25. The average molecular weight is 474 g/mol. The second-order valence-electron chi connectivity index (χ2n) is 8.22. The Balaban J connectivity index is 2.07. The Kier molecular flexibility index (Phi) is 5.86. The molecule has 1 aromatic heterocycles. The molecule has 1 aliphatic heterocycles. The zero-order valence-corrected chi connectivity index (χ0v) is 19.2. The summed E-state index contributed by atoms with van der Waals surface area (Å²) in [5.41, 5.74) is 1.06. The number of aryl methyl sites for hydroxylation is 3. The minimum atomic E-state index is -4.55. The Morgan fingerprint density at radius 3 is 2.52 bits per heavy atom. The number of fused-ring (bicyclic) bond motifs is 1. The molecule has 8 heteroatoms. The van der Waals surface area contributed by atoms with Gasteiger partial charge >= 0.3 is 6.18 Å². The average Bonchev–Trinajstić information content (AvgIpc) is 2.78. The Hall–Kier alpha value is -3.06. The number of nitrogens with one attached hydrogen (secondary N) is 1. The number of hydrogen-bond donors (Lipinski definition) is 1. The first-order valence-corrected chi connectivity index (χ1v) is 10.9. The van der Waals surface area contributed by atoms with Gasteiger partial charge in [-0.1, -0.05) is 41.9 Å². The van der Waals surface area contributed by atoms with Crippen LogP contribution in [0.1, 0.15) is 34.4 Å². The summed E-state index contributed by atoms with van der Waals surface area (Å²) in [7, 11) is 1.52. The monoisotopic (exact) mass is 473 g/mol. The molecule has 4 nitrogen and oxygen atoms in total. The highest BCUT2D eigenvalue weighted by Crippen LogP contribution is 2.48. The number of benzene rings is 2. The third kappa shape index (κ3) is 3.95. The van der Waals surface area contributed by atoms with E-state index in [0.29, 0.717) is 29.1 Å². The number of para-hydroxylation sites is 1. The SMILES string of the molecule is CNC(=O)C1(c2ccc(Cl)c(C)c2)CCc2ccccc2N1c1cc(C(F)(F)F)cc(C)n1. The fourth-order valence-corrected chi connectivity index (χ4v) is 4.67. The number of anilines is 2. The molecule has 172 valence electrons. The molecule has 1 atom stereocenters. The van der Waals surface area contributed by atoms with Gasteiger partial charge in [0.1, 0.15) is 5.82 Å². The molecule has 0 bridgehead atoms. The van der Waals surface area contributed by atoms with Crippen LogP contribution >= 0.6 is 11.6 Å². The van der Waals surface area contributed by atoms with E-state index in [1.165, 1.54) is 14.0 Å². The van der Waals surface area contributed by atoms with Gasteiger partial charge in [0.2, 0.25) is 0 Å². The standard InChI is InChI=1S/C25H23ClF3N3O/c1-15-12-18(8-9-20(15)26)24(23(33)30-3)11-10-17-6-4-5-7-21(17)32(24)22-14-19(25(27,28)29)13-16(2)31-22/h4-9,12-14H,10-11H2,1-3H3,(H,30,33). The van der Waals surface area contributed by atoms with Crippen LogP contribution in [0.3, 0.4) is 0 Å². The van der Waals surface area contributed by atoms with Gasteiger partial charge in [-0.05, 0) is 67.6 Å². The van der Waals surface area contributed by atoms with E-state index in [2.05, 4.69) is 10.3 Å². The largest absolute Gasteiger partial charge is 0.416 e. The smallest absolute Gasteiger partial charge is 0.357 e. The van der Waals surface area contributed by atoms with Crippen molar-refractivity contribution >= 4 is 29.0 Å². The first-order chi connectivity index (χ1) is 15.6. The highest BCUT2D eigenvalue weighted by atomic mass is 35.5. The lowest BCUT2D eigenvalue weighted by Crippen LogP contribution is -2.56. The van der Waals surface area contributed by atoms with Crippen molar-refractivity contribution in [2.24, 2.45) is 0 Å². The maximum atomic E-state index is 13.7. The Bertz CT molecular complexity index is 1230. The zero-order chi connectivity index (χ0) is 24.0. The lowest BCUT2D eigenvalue weighted by atomic mass is 9.77. The second kappa shape index (κ2) is 8.37. The topological polar surface area (TPSA) is 45.2 Å². The molecular formula is C25H23ClF3N3O. The lowest BCUT2D eigenvalue weighted by Gasteiger charge is -2.47. The predicted octanol–water partition coefficient (Wildman–Crippen LogP) is 6.10. The second-order valence-corrected chi connectivity index (χ2v) is 8.63. The normalized spacial score (nSPS) is 18.1. The molecule has 1 unspecified atom stereocenters. The predicted molar refractivity (Wildman–Crippen MR) is 123 cm³/mol. The van der Waals surface area contributed by atoms with Crippen LogP contribution in [-0.4, -0.2) is 17.9 Å². The van der Waals surface area contributed by atoms with Crippen LogP contribution in [0.5, 0.6) is 0 Å². The Morgan fingerprint density at radius 2 is 1.85 bits per heavy atom. The van der Waals surface area contributed by atoms with Crippen molar-refractivity contribution in [2.75, 3.05) is 11.9 Å². The van der Waals surface area contributed by atoms with E-state index in [-0.39, 0.29) is 17.4 Å². The summed E-state index contributed by atoms with van der Waals surface area (Å²) in [5, 5.41) is 3.28. The van der Waals surface area contributed by atoms with Crippen LogP contribution < -0.4 is 10.2 Å². The number of carbonyl (C=O) groups excluding carboxylic acids is 1. The third-order valence-electron chi connectivity index (χ3n) is 6.10. The van der Waals surface area contributed by atoms with Crippen molar-refractivity contribution in [2.45, 2.75) is 38.4 Å². The molecule has 1 N–H and O–H groups in total. The molecule has 0 saturated carbocycles. The van der Waals surface area contributed by atoms with Gasteiger partial charge in [0.15, 0.2) is 5.54 Å². The number of hydrogen-bond acceptors (Lipinski definition) is 3. The Morgan fingerprint density at radius 1 is 1.12 bits per heavy atom. The van der Waals surface area contributed by atoms with Crippen molar-refractivity contribution in [3.05, 3.63) is 87.6 Å². The summed E-state index contributed by atoms with van der Waals surface area (Å²) in [6.07, 6.45) is -3.63. The molecule has 4 rings (SSSR count). The van der Waals surface area contributed by atoms with Gasteiger partial charge < -0.3 is 10.2 Å². The lowest BCUT2D eigenvalue weighted by molar-refractivity contribution is -0.137. The molecule has 2 heterocycles. The van der Waals surface area contributed by atoms with E-state index in [1.807, 2.05) is 31.2 Å². The van der Waals surface area contributed by atoms with Gasteiger partial charge in [-0.25, -0.2) is 4.98 Å². The number of halogens is 4. The highest BCUT2D eigenvalue weighted by Gasteiger charge is 2.50. The molecule has 2 aromatic carbocycles. The maximum absolute atomic E-state index is 13.7. The zero-order valence-electron chi connectivity index (χ0n) is 18.4. The number of likely N-dealkylation sites (N-methyl/N-ethyl adjacent to an activating group) is 1. The molecule has 1 amide bonds. The summed E-state index contributed by atoms with van der Waals surface area (Å²) in [6.45, 7) is 3.35. The Labute approximate surface area is 195 Å². The molecule has 3 aromatic rings. The molecule has 33 heavy (non-hydrogen) atoms. The maximum Gasteiger partial charge on any atom is 0.416 e. The van der Waals surface area contributed by atoms with Crippen molar-refractivity contribution in [1.82, 2.24) is 10.3 Å². The van der Waals surface area contributed by atoms with Crippen molar-refractivity contribution in [1.29, 1.82) is 0 Å². The molecule has 0 radical (unpaired) electrons. The van der Waals surface area contributed by atoms with E-state index in [9.17, 15) is 18.0 Å². The molecule has 0 spiro atoms. The van der Waals surface area contributed by atoms with Crippen molar-refractivity contribution in [3.63, 3.8) is 0 Å². The minimum absolute atomic E-state index is 0.0608. The van der Waals surface area contributed by atoms with Gasteiger partial charge in [0.05, 0.1) is 5.56 Å². The highest BCUT2D eigenvalue weighted by molar-refractivity contribution is 6.31. The van der Waals surface area contributed by atoms with E-state index < -0.39 is 17.3 Å². The van der Waals surface area contributed by atoms with E-state index in [4.69, 9.17) is 11.6 Å². The first-order valence-electron chi connectivity index (χ1n) is 10.5. The van der Waals surface area contributed by atoms with Crippen molar-refractivity contribution in [3.8, 4) is 0 Å². The van der Waals surface area contributed by atoms with Gasteiger partial charge in [0.25, 0.3) is 5.91 Å². The summed E-state index contributed by atoms with van der Waals surface area (Å²) < 4.78 is 41.1. The van der Waals surface area contributed by atoms with Crippen LogP contribution in [-0.2, 0) is 22.9 Å². The molecule has 1 aliphatic rings. The van der Waals surface area contributed by atoms with Crippen LogP contribution in [0, 0.1) is 13.8 Å². The number of carbonyl (C=O) groups is 1. The molecular weight excluding hydrogens is 451 g/mol. The summed E-state index contributed by atoms with van der Waals surface area (Å²) in [6, 6.07) is 14.7. The molecule has 0 fully saturated rings.